The molecule has 0 spiro atoms. The van der Waals surface area contributed by atoms with Gasteiger partial charge in [0, 0.05) is 32.5 Å². The number of aromatic nitrogens is 3. The van der Waals surface area contributed by atoms with Crippen LogP contribution in [-0.4, -0.2) is 14.5 Å². The van der Waals surface area contributed by atoms with Crippen LogP contribution in [0.5, 0.6) is 0 Å². The molecule has 0 N–H and O–H groups in total. The normalized spacial score (nSPS) is 12.1. The van der Waals surface area contributed by atoms with Gasteiger partial charge in [-0.2, -0.15) is 0 Å². The number of furan rings is 1. The van der Waals surface area contributed by atoms with Crippen molar-refractivity contribution in [1.29, 1.82) is 0 Å². The maximum absolute atomic E-state index is 6.74. The fourth-order valence-electron chi connectivity index (χ4n) is 7.06. The van der Waals surface area contributed by atoms with Crippen LogP contribution < -0.4 is 0 Å². The fourth-order valence-corrected chi connectivity index (χ4v) is 7.06. The van der Waals surface area contributed by atoms with Gasteiger partial charge in [0.25, 0.3) is 0 Å². The monoisotopic (exact) mass is 561 g/mol. The standard InChI is InChI=1S/C40H23N3O/c1-2-12-25-23-26(22-21-24(25)11-1)37-29-15-5-8-18-32(29)41-40(42-37)43-33-19-9-6-16-30(33)35-27-13-3-4-14-28(27)36-31-17-7-10-20-34(31)44-39(36)38(35)43/h1-23H. The van der Waals surface area contributed by atoms with Crippen LogP contribution in [-0.2, 0) is 0 Å². The Balaban J connectivity index is 1.40. The highest BCUT2D eigenvalue weighted by Crippen LogP contribution is 2.45. The number of hydrogen-bond acceptors (Lipinski definition) is 3. The van der Waals surface area contributed by atoms with Gasteiger partial charge in [-0.1, -0.05) is 115 Å². The summed E-state index contributed by atoms with van der Waals surface area (Å²) in [5.41, 5.74) is 6.60. The zero-order valence-electron chi connectivity index (χ0n) is 23.5. The molecule has 0 aliphatic carbocycles. The molecule has 0 bridgehead atoms. The van der Waals surface area contributed by atoms with Crippen molar-refractivity contribution in [3.63, 3.8) is 0 Å². The van der Waals surface area contributed by atoms with Gasteiger partial charge < -0.3 is 4.42 Å². The quantitative estimate of drug-likeness (QED) is 0.211. The Labute approximate surface area is 251 Å². The van der Waals surface area contributed by atoms with Crippen LogP contribution in [0, 0.1) is 0 Å². The topological polar surface area (TPSA) is 43.9 Å². The van der Waals surface area contributed by atoms with E-state index in [2.05, 4.69) is 126 Å². The molecule has 0 aliphatic heterocycles. The molecule has 4 heteroatoms. The summed E-state index contributed by atoms with van der Waals surface area (Å²) in [7, 11) is 0. The second kappa shape index (κ2) is 8.76. The fraction of sp³-hybridized carbons (Fsp3) is 0. The predicted molar refractivity (Wildman–Crippen MR) is 182 cm³/mol. The average molecular weight is 562 g/mol. The zero-order valence-corrected chi connectivity index (χ0v) is 23.5. The van der Waals surface area contributed by atoms with Gasteiger partial charge in [-0.3, -0.25) is 4.57 Å². The second-order valence-corrected chi connectivity index (χ2v) is 11.4. The molecule has 0 saturated carbocycles. The van der Waals surface area contributed by atoms with E-state index in [1.807, 2.05) is 18.2 Å². The van der Waals surface area contributed by atoms with Crippen LogP contribution in [0.1, 0.15) is 0 Å². The molecule has 4 nitrogen and oxygen atoms in total. The third-order valence-corrected chi connectivity index (χ3v) is 8.97. The van der Waals surface area contributed by atoms with Crippen LogP contribution >= 0.6 is 0 Å². The van der Waals surface area contributed by atoms with E-state index in [4.69, 9.17) is 14.4 Å². The molecule has 44 heavy (non-hydrogen) atoms. The van der Waals surface area contributed by atoms with E-state index >= 15 is 0 Å². The minimum absolute atomic E-state index is 0.620. The lowest BCUT2D eigenvalue weighted by Crippen LogP contribution is -2.03. The molecule has 3 aromatic heterocycles. The Morgan fingerprint density at radius 2 is 1.16 bits per heavy atom. The molecule has 0 atom stereocenters. The van der Waals surface area contributed by atoms with Gasteiger partial charge in [0.1, 0.15) is 11.1 Å². The van der Waals surface area contributed by atoms with Gasteiger partial charge in [0.15, 0.2) is 5.58 Å². The Bertz CT molecular complexity index is 2790. The molecule has 7 aromatic carbocycles. The highest BCUT2D eigenvalue weighted by molar-refractivity contribution is 6.35. The summed E-state index contributed by atoms with van der Waals surface area (Å²) in [6.45, 7) is 0. The summed E-state index contributed by atoms with van der Waals surface area (Å²) in [6.07, 6.45) is 0. The molecule has 10 rings (SSSR count). The Morgan fingerprint density at radius 3 is 2.02 bits per heavy atom. The van der Waals surface area contributed by atoms with E-state index in [-0.39, 0.29) is 0 Å². The number of fused-ring (bicyclic) bond motifs is 12. The predicted octanol–water partition coefficient (Wildman–Crippen LogP) is 10.6. The molecule has 0 saturated heterocycles. The van der Waals surface area contributed by atoms with Crippen molar-refractivity contribution in [1.82, 2.24) is 14.5 Å². The maximum Gasteiger partial charge on any atom is 0.235 e. The lowest BCUT2D eigenvalue weighted by molar-refractivity contribution is 0.671. The van der Waals surface area contributed by atoms with Crippen LogP contribution in [0.25, 0.3) is 93.4 Å². The first kappa shape index (κ1) is 23.6. The van der Waals surface area contributed by atoms with Crippen molar-refractivity contribution in [2.24, 2.45) is 0 Å². The highest BCUT2D eigenvalue weighted by Gasteiger charge is 2.24. The zero-order chi connectivity index (χ0) is 28.8. The molecule has 10 aromatic rings. The van der Waals surface area contributed by atoms with E-state index in [1.165, 1.54) is 21.5 Å². The van der Waals surface area contributed by atoms with Gasteiger partial charge in [-0.25, -0.2) is 9.97 Å². The maximum atomic E-state index is 6.74. The summed E-state index contributed by atoms with van der Waals surface area (Å²) in [6, 6.07) is 48.8. The number of nitrogens with zero attached hydrogens (tertiary/aromatic N) is 3. The number of hydrogen-bond donors (Lipinski definition) is 0. The minimum atomic E-state index is 0.620. The smallest absolute Gasteiger partial charge is 0.235 e. The molecular weight excluding hydrogens is 538 g/mol. The number of rotatable bonds is 2. The van der Waals surface area contributed by atoms with Crippen molar-refractivity contribution in [3.05, 3.63) is 140 Å². The van der Waals surface area contributed by atoms with Crippen LogP contribution in [0.4, 0.5) is 0 Å². The van der Waals surface area contributed by atoms with Crippen molar-refractivity contribution in [2.45, 2.75) is 0 Å². The SMILES string of the molecule is c1ccc2cc(-c3nc(-n4c5ccccc5c5c6ccccc6c6c7ccccc7oc6c54)nc4ccccc34)ccc2c1. The summed E-state index contributed by atoms with van der Waals surface area (Å²) in [5, 5.41) is 10.3. The summed E-state index contributed by atoms with van der Waals surface area (Å²) < 4.78 is 8.95. The highest BCUT2D eigenvalue weighted by atomic mass is 16.3. The molecule has 3 heterocycles. The molecule has 0 radical (unpaired) electrons. The van der Waals surface area contributed by atoms with Crippen molar-refractivity contribution in [3.8, 4) is 17.2 Å². The number of para-hydroxylation sites is 3. The lowest BCUT2D eigenvalue weighted by atomic mass is 9.99. The van der Waals surface area contributed by atoms with Crippen LogP contribution in [0.3, 0.4) is 0 Å². The van der Waals surface area contributed by atoms with Crippen molar-refractivity contribution < 1.29 is 4.42 Å². The molecular formula is C40H23N3O. The summed E-state index contributed by atoms with van der Waals surface area (Å²) in [5.74, 6) is 0.620. The first-order valence-electron chi connectivity index (χ1n) is 14.8. The third kappa shape index (κ3) is 3.17. The van der Waals surface area contributed by atoms with Crippen LogP contribution in [0.15, 0.2) is 144 Å². The first-order chi connectivity index (χ1) is 21.8. The Hall–Kier alpha value is -6.00. The van der Waals surface area contributed by atoms with E-state index in [1.54, 1.807) is 0 Å². The largest absolute Gasteiger partial charge is 0.454 e. The van der Waals surface area contributed by atoms with Gasteiger partial charge >= 0.3 is 0 Å². The van der Waals surface area contributed by atoms with Crippen molar-refractivity contribution in [2.75, 3.05) is 0 Å². The first-order valence-corrected chi connectivity index (χ1v) is 14.8. The van der Waals surface area contributed by atoms with E-state index in [9.17, 15) is 0 Å². The number of benzene rings is 7. The van der Waals surface area contributed by atoms with E-state index in [0.29, 0.717) is 5.95 Å². The third-order valence-electron chi connectivity index (χ3n) is 8.97. The Morgan fingerprint density at radius 1 is 0.500 bits per heavy atom. The lowest BCUT2D eigenvalue weighted by Gasteiger charge is -2.12. The van der Waals surface area contributed by atoms with Gasteiger partial charge in [0.05, 0.1) is 16.7 Å². The molecule has 0 amide bonds. The summed E-state index contributed by atoms with van der Waals surface area (Å²) in [4.78, 5) is 10.6. The van der Waals surface area contributed by atoms with Crippen molar-refractivity contribution >= 4 is 76.2 Å². The molecule has 0 unspecified atom stereocenters. The van der Waals surface area contributed by atoms with Gasteiger partial charge in [0.2, 0.25) is 5.95 Å². The average Bonchev–Trinajstić information content (AvgIpc) is 3.65. The van der Waals surface area contributed by atoms with Crippen LogP contribution in [0.2, 0.25) is 0 Å². The second-order valence-electron chi connectivity index (χ2n) is 11.4. The van der Waals surface area contributed by atoms with Gasteiger partial charge in [-0.05, 0) is 45.8 Å². The van der Waals surface area contributed by atoms with Gasteiger partial charge in [-0.15, -0.1) is 0 Å². The summed E-state index contributed by atoms with van der Waals surface area (Å²) >= 11 is 0. The molecule has 0 fully saturated rings. The Kier molecular flexibility index (Phi) is 4.69. The van der Waals surface area contributed by atoms with E-state index in [0.717, 1.165) is 65.9 Å². The molecule has 204 valence electrons. The molecule has 0 aliphatic rings. The van der Waals surface area contributed by atoms with E-state index < -0.39 is 0 Å². The minimum Gasteiger partial charge on any atom is -0.454 e.